The second-order valence-corrected chi connectivity index (χ2v) is 6.21. The summed E-state index contributed by atoms with van der Waals surface area (Å²) >= 11 is 0. The molecular formula is C14H20N2O. The predicted molar refractivity (Wildman–Crippen MR) is 71.5 cm³/mol. The lowest BCUT2D eigenvalue weighted by molar-refractivity contribution is -0.119. The van der Waals surface area contributed by atoms with Crippen molar-refractivity contribution in [2.45, 2.75) is 45.6 Å². The first kappa shape index (κ1) is 12.0. The highest BCUT2D eigenvalue weighted by atomic mass is 16.2. The molecule has 3 nitrogen and oxygen atoms in total. The van der Waals surface area contributed by atoms with E-state index in [1.165, 1.54) is 5.56 Å². The molecular weight excluding hydrogens is 212 g/mol. The van der Waals surface area contributed by atoms with Crippen LogP contribution >= 0.6 is 0 Å². The number of amides is 1. The Balaban J connectivity index is 2.45. The molecule has 3 heteroatoms. The summed E-state index contributed by atoms with van der Waals surface area (Å²) in [5.74, 6) is 0.00788. The zero-order chi connectivity index (χ0) is 12.8. The maximum atomic E-state index is 11.8. The molecule has 0 aromatic heterocycles. The third-order valence-corrected chi connectivity index (χ3v) is 3.15. The number of carbonyl (C=O) groups excluding carboxylic acids is 1. The third-order valence-electron chi connectivity index (χ3n) is 3.15. The van der Waals surface area contributed by atoms with Gasteiger partial charge in [-0.05, 0) is 37.0 Å². The van der Waals surface area contributed by atoms with E-state index in [0.717, 1.165) is 11.4 Å². The average Bonchev–Trinajstić information content (AvgIpc) is 2.17. The van der Waals surface area contributed by atoms with E-state index in [1.54, 1.807) is 0 Å². The maximum Gasteiger partial charge on any atom is 0.249 e. The summed E-state index contributed by atoms with van der Waals surface area (Å²) in [7, 11) is 0. The molecule has 0 spiro atoms. The molecule has 1 aliphatic heterocycles. The van der Waals surface area contributed by atoms with Crippen LogP contribution < -0.4 is 10.6 Å². The fourth-order valence-electron chi connectivity index (χ4n) is 1.90. The van der Waals surface area contributed by atoms with Gasteiger partial charge in [0, 0.05) is 0 Å². The standard InChI is InChI=1S/C14H20N2O/c1-13(2,3)9-6-7-10-11(8-9)16-14(4,5)12(17)15-10/h6-8,16H,1-5H3,(H,15,17). The summed E-state index contributed by atoms with van der Waals surface area (Å²) in [6.07, 6.45) is 0. The second kappa shape index (κ2) is 3.49. The Bertz CT molecular complexity index is 470. The van der Waals surface area contributed by atoms with Crippen molar-refractivity contribution in [2.75, 3.05) is 10.6 Å². The van der Waals surface area contributed by atoms with Gasteiger partial charge in [-0.1, -0.05) is 26.8 Å². The number of nitrogens with one attached hydrogen (secondary N) is 2. The molecule has 0 saturated heterocycles. The molecule has 0 saturated carbocycles. The molecule has 0 bridgehead atoms. The lowest BCUT2D eigenvalue weighted by Crippen LogP contribution is -2.47. The van der Waals surface area contributed by atoms with Gasteiger partial charge in [0.15, 0.2) is 0 Å². The van der Waals surface area contributed by atoms with E-state index in [0.29, 0.717) is 0 Å². The van der Waals surface area contributed by atoms with Gasteiger partial charge in [-0.15, -0.1) is 0 Å². The molecule has 1 amide bonds. The van der Waals surface area contributed by atoms with Crippen molar-refractivity contribution in [1.29, 1.82) is 0 Å². The van der Waals surface area contributed by atoms with Crippen molar-refractivity contribution in [3.63, 3.8) is 0 Å². The minimum atomic E-state index is -0.552. The Morgan fingerprint density at radius 1 is 1.12 bits per heavy atom. The first-order chi connectivity index (χ1) is 7.70. The SMILES string of the molecule is CC1(C)Nc2cc(C(C)(C)C)ccc2NC1=O. The summed E-state index contributed by atoms with van der Waals surface area (Å²) in [6, 6.07) is 6.16. The quantitative estimate of drug-likeness (QED) is 0.721. The highest BCUT2D eigenvalue weighted by Gasteiger charge is 2.33. The van der Waals surface area contributed by atoms with Gasteiger partial charge in [0.1, 0.15) is 5.54 Å². The first-order valence-corrected chi connectivity index (χ1v) is 5.94. The zero-order valence-corrected chi connectivity index (χ0v) is 11.1. The third kappa shape index (κ3) is 2.14. The van der Waals surface area contributed by atoms with Crippen LogP contribution in [0.3, 0.4) is 0 Å². The molecule has 17 heavy (non-hydrogen) atoms. The van der Waals surface area contributed by atoms with Crippen molar-refractivity contribution in [3.05, 3.63) is 23.8 Å². The van der Waals surface area contributed by atoms with Crippen LogP contribution in [0.5, 0.6) is 0 Å². The molecule has 92 valence electrons. The molecule has 0 aliphatic carbocycles. The number of hydrogen-bond acceptors (Lipinski definition) is 2. The van der Waals surface area contributed by atoms with Crippen molar-refractivity contribution < 1.29 is 4.79 Å². The monoisotopic (exact) mass is 232 g/mol. The number of anilines is 2. The van der Waals surface area contributed by atoms with E-state index in [4.69, 9.17) is 0 Å². The molecule has 2 N–H and O–H groups in total. The Hall–Kier alpha value is -1.51. The van der Waals surface area contributed by atoms with Crippen LogP contribution in [0.15, 0.2) is 18.2 Å². The summed E-state index contributed by atoms with van der Waals surface area (Å²) in [4.78, 5) is 11.8. The summed E-state index contributed by atoms with van der Waals surface area (Å²) < 4.78 is 0. The second-order valence-electron chi connectivity index (χ2n) is 6.21. The maximum absolute atomic E-state index is 11.8. The highest BCUT2D eigenvalue weighted by molar-refractivity contribution is 6.05. The van der Waals surface area contributed by atoms with Crippen molar-refractivity contribution in [1.82, 2.24) is 0 Å². The molecule has 0 fully saturated rings. The summed E-state index contributed by atoms with van der Waals surface area (Å²) in [5, 5.41) is 6.21. The largest absolute Gasteiger partial charge is 0.370 e. The molecule has 1 aromatic carbocycles. The Labute approximate surface area is 103 Å². The van der Waals surface area contributed by atoms with Gasteiger partial charge < -0.3 is 10.6 Å². The van der Waals surface area contributed by atoms with Crippen molar-refractivity contribution in [2.24, 2.45) is 0 Å². The van der Waals surface area contributed by atoms with E-state index < -0.39 is 5.54 Å². The van der Waals surface area contributed by atoms with Gasteiger partial charge >= 0.3 is 0 Å². The van der Waals surface area contributed by atoms with Crippen LogP contribution in [0, 0.1) is 0 Å². The molecule has 0 radical (unpaired) electrons. The number of rotatable bonds is 0. The van der Waals surface area contributed by atoms with Crippen LogP contribution in [0.1, 0.15) is 40.2 Å². The number of carbonyl (C=O) groups is 1. The predicted octanol–water partition coefficient (Wildman–Crippen LogP) is 3.13. The van der Waals surface area contributed by atoms with Gasteiger partial charge in [-0.25, -0.2) is 0 Å². The molecule has 0 atom stereocenters. The average molecular weight is 232 g/mol. The fraction of sp³-hybridized carbons (Fsp3) is 0.500. The Morgan fingerprint density at radius 3 is 2.35 bits per heavy atom. The van der Waals surface area contributed by atoms with Crippen molar-refractivity contribution >= 4 is 17.3 Å². The van der Waals surface area contributed by atoms with E-state index in [-0.39, 0.29) is 11.3 Å². The van der Waals surface area contributed by atoms with E-state index in [2.05, 4.69) is 43.5 Å². The zero-order valence-electron chi connectivity index (χ0n) is 11.1. The summed E-state index contributed by atoms with van der Waals surface area (Å²) in [5.41, 5.74) is 2.69. The minimum Gasteiger partial charge on any atom is -0.370 e. The van der Waals surface area contributed by atoms with E-state index in [1.807, 2.05) is 19.9 Å². The topological polar surface area (TPSA) is 41.1 Å². The van der Waals surface area contributed by atoms with Gasteiger partial charge in [0.2, 0.25) is 5.91 Å². The number of fused-ring (bicyclic) bond motifs is 1. The van der Waals surface area contributed by atoms with Gasteiger partial charge in [-0.3, -0.25) is 4.79 Å². The van der Waals surface area contributed by atoms with Crippen LogP contribution in [0.4, 0.5) is 11.4 Å². The lowest BCUT2D eigenvalue weighted by Gasteiger charge is -2.34. The minimum absolute atomic E-state index is 0.00788. The van der Waals surface area contributed by atoms with Gasteiger partial charge in [-0.2, -0.15) is 0 Å². The van der Waals surface area contributed by atoms with Gasteiger partial charge in [0.25, 0.3) is 0 Å². The molecule has 2 rings (SSSR count). The highest BCUT2D eigenvalue weighted by Crippen LogP contribution is 2.34. The molecule has 1 aromatic rings. The fourth-order valence-corrected chi connectivity index (χ4v) is 1.90. The van der Waals surface area contributed by atoms with E-state index >= 15 is 0 Å². The smallest absolute Gasteiger partial charge is 0.249 e. The van der Waals surface area contributed by atoms with Crippen LogP contribution in [-0.2, 0) is 10.2 Å². The molecule has 1 heterocycles. The van der Waals surface area contributed by atoms with Gasteiger partial charge in [0.05, 0.1) is 11.4 Å². The lowest BCUT2D eigenvalue weighted by atomic mass is 9.86. The normalized spacial score (nSPS) is 18.1. The summed E-state index contributed by atoms with van der Waals surface area (Å²) in [6.45, 7) is 10.3. The van der Waals surface area contributed by atoms with Crippen LogP contribution in [0.25, 0.3) is 0 Å². The van der Waals surface area contributed by atoms with E-state index in [9.17, 15) is 4.79 Å². The number of benzene rings is 1. The number of hydrogen-bond donors (Lipinski definition) is 2. The Morgan fingerprint density at radius 2 is 1.76 bits per heavy atom. The van der Waals surface area contributed by atoms with Crippen LogP contribution in [0.2, 0.25) is 0 Å². The first-order valence-electron chi connectivity index (χ1n) is 5.94. The van der Waals surface area contributed by atoms with Crippen molar-refractivity contribution in [3.8, 4) is 0 Å². The molecule has 1 aliphatic rings. The molecule has 0 unspecified atom stereocenters. The van der Waals surface area contributed by atoms with Crippen LogP contribution in [-0.4, -0.2) is 11.4 Å². The Kier molecular flexibility index (Phi) is 2.45.